The summed E-state index contributed by atoms with van der Waals surface area (Å²) in [5.74, 6) is -0.394. The molecule has 0 fully saturated rings. The van der Waals surface area contributed by atoms with Gasteiger partial charge < -0.3 is 5.73 Å². The van der Waals surface area contributed by atoms with Crippen LogP contribution in [0.25, 0.3) is 11.1 Å². The van der Waals surface area contributed by atoms with Gasteiger partial charge in [-0.1, -0.05) is 30.3 Å². The number of carbonyl (C=O) groups is 1. The molecule has 2 N–H and O–H groups in total. The number of primary amides is 1. The van der Waals surface area contributed by atoms with E-state index in [1.165, 1.54) is 10.5 Å². The predicted molar refractivity (Wildman–Crippen MR) is 72.2 cm³/mol. The SMILES string of the molecule is CSc1ccccc1-c1ccc(C(N)=O)cc1. The highest BCUT2D eigenvalue weighted by atomic mass is 32.2. The standard InChI is InChI=1S/C14H13NOS/c1-17-13-5-3-2-4-12(13)10-6-8-11(9-7-10)14(15)16/h2-9H,1H3,(H2,15,16). The van der Waals surface area contributed by atoms with Gasteiger partial charge in [0.25, 0.3) is 0 Å². The zero-order valence-corrected chi connectivity index (χ0v) is 10.3. The van der Waals surface area contributed by atoms with Crippen LogP contribution in [0.15, 0.2) is 53.4 Å². The molecule has 0 aliphatic rings. The molecule has 0 saturated carbocycles. The predicted octanol–water partition coefficient (Wildman–Crippen LogP) is 3.17. The van der Waals surface area contributed by atoms with Crippen LogP contribution in [0.5, 0.6) is 0 Å². The lowest BCUT2D eigenvalue weighted by molar-refractivity contribution is 0.100. The third-order valence-corrected chi connectivity index (χ3v) is 3.38. The van der Waals surface area contributed by atoms with Crippen molar-refractivity contribution < 1.29 is 4.79 Å². The second kappa shape index (κ2) is 5.06. The Labute approximate surface area is 105 Å². The number of carbonyl (C=O) groups excluding carboxylic acids is 1. The van der Waals surface area contributed by atoms with Crippen molar-refractivity contribution >= 4 is 17.7 Å². The quantitative estimate of drug-likeness (QED) is 0.841. The van der Waals surface area contributed by atoms with Gasteiger partial charge >= 0.3 is 0 Å². The van der Waals surface area contributed by atoms with Crippen molar-refractivity contribution in [3.05, 3.63) is 54.1 Å². The Bertz CT molecular complexity index is 534. The lowest BCUT2D eigenvalue weighted by atomic mass is 10.0. The van der Waals surface area contributed by atoms with E-state index in [1.807, 2.05) is 24.3 Å². The van der Waals surface area contributed by atoms with E-state index >= 15 is 0 Å². The monoisotopic (exact) mass is 243 g/mol. The molecule has 0 unspecified atom stereocenters. The Balaban J connectivity index is 2.43. The van der Waals surface area contributed by atoms with E-state index in [0.717, 1.165) is 5.56 Å². The molecule has 1 amide bonds. The molecule has 0 radical (unpaired) electrons. The molecule has 2 rings (SSSR count). The fraction of sp³-hybridized carbons (Fsp3) is 0.0714. The van der Waals surface area contributed by atoms with Gasteiger partial charge in [-0.05, 0) is 35.6 Å². The maximum Gasteiger partial charge on any atom is 0.248 e. The maximum atomic E-state index is 11.0. The summed E-state index contributed by atoms with van der Waals surface area (Å²) in [6.45, 7) is 0. The van der Waals surface area contributed by atoms with E-state index in [9.17, 15) is 4.79 Å². The Kier molecular flexibility index (Phi) is 3.49. The summed E-state index contributed by atoms with van der Waals surface area (Å²) < 4.78 is 0. The molecule has 0 aliphatic carbocycles. The first-order chi connectivity index (χ1) is 8.22. The second-order valence-corrected chi connectivity index (χ2v) is 4.49. The highest BCUT2D eigenvalue weighted by Gasteiger charge is 2.04. The summed E-state index contributed by atoms with van der Waals surface area (Å²) in [5.41, 5.74) is 8.03. The molecule has 3 heteroatoms. The van der Waals surface area contributed by atoms with Gasteiger partial charge in [0.15, 0.2) is 0 Å². The van der Waals surface area contributed by atoms with Crippen LogP contribution in [0.4, 0.5) is 0 Å². The van der Waals surface area contributed by atoms with Crippen molar-refractivity contribution in [2.24, 2.45) is 5.73 Å². The molecule has 0 saturated heterocycles. The van der Waals surface area contributed by atoms with Gasteiger partial charge in [0.2, 0.25) is 5.91 Å². The number of rotatable bonds is 3. The molecule has 86 valence electrons. The summed E-state index contributed by atoms with van der Waals surface area (Å²) in [7, 11) is 0. The van der Waals surface area contributed by atoms with Crippen molar-refractivity contribution in [2.45, 2.75) is 4.90 Å². The minimum absolute atomic E-state index is 0.394. The molecular formula is C14H13NOS. The number of nitrogens with two attached hydrogens (primary N) is 1. The van der Waals surface area contributed by atoms with E-state index in [2.05, 4.69) is 18.4 Å². The van der Waals surface area contributed by atoms with Crippen molar-refractivity contribution in [1.82, 2.24) is 0 Å². The topological polar surface area (TPSA) is 43.1 Å². The van der Waals surface area contributed by atoms with Crippen LogP contribution in [0.1, 0.15) is 10.4 Å². The third-order valence-electron chi connectivity index (χ3n) is 2.59. The van der Waals surface area contributed by atoms with Crippen LogP contribution in [0, 0.1) is 0 Å². The van der Waals surface area contributed by atoms with Crippen LogP contribution >= 0.6 is 11.8 Å². The Morgan fingerprint density at radius 1 is 1.06 bits per heavy atom. The first kappa shape index (κ1) is 11.7. The molecule has 0 aromatic heterocycles. The summed E-state index contributed by atoms with van der Waals surface area (Å²) in [6.07, 6.45) is 2.05. The van der Waals surface area contributed by atoms with Crippen molar-refractivity contribution in [1.29, 1.82) is 0 Å². The Morgan fingerprint density at radius 3 is 2.29 bits per heavy atom. The molecule has 2 nitrogen and oxygen atoms in total. The van der Waals surface area contributed by atoms with Crippen molar-refractivity contribution in [3.8, 4) is 11.1 Å². The summed E-state index contributed by atoms with van der Waals surface area (Å²) >= 11 is 1.71. The molecule has 0 bridgehead atoms. The van der Waals surface area contributed by atoms with E-state index < -0.39 is 5.91 Å². The number of hydrogen-bond donors (Lipinski definition) is 1. The van der Waals surface area contributed by atoms with Crippen molar-refractivity contribution in [3.63, 3.8) is 0 Å². The fourth-order valence-electron chi connectivity index (χ4n) is 1.70. The summed E-state index contributed by atoms with van der Waals surface area (Å²) in [5, 5.41) is 0. The molecule has 2 aromatic rings. The zero-order valence-electron chi connectivity index (χ0n) is 9.51. The fourth-order valence-corrected chi connectivity index (χ4v) is 2.32. The first-order valence-electron chi connectivity index (χ1n) is 5.25. The van der Waals surface area contributed by atoms with E-state index in [0.29, 0.717) is 5.56 Å². The van der Waals surface area contributed by atoms with Crippen LogP contribution in [-0.2, 0) is 0 Å². The van der Waals surface area contributed by atoms with Crippen LogP contribution in [-0.4, -0.2) is 12.2 Å². The number of thioether (sulfide) groups is 1. The average Bonchev–Trinajstić information content (AvgIpc) is 2.39. The maximum absolute atomic E-state index is 11.0. The van der Waals surface area contributed by atoms with Crippen LogP contribution in [0.3, 0.4) is 0 Å². The largest absolute Gasteiger partial charge is 0.366 e. The molecule has 0 atom stereocenters. The third kappa shape index (κ3) is 2.50. The molecule has 0 spiro atoms. The lowest BCUT2D eigenvalue weighted by Gasteiger charge is -2.07. The first-order valence-corrected chi connectivity index (χ1v) is 6.48. The van der Waals surface area contributed by atoms with Gasteiger partial charge in [-0.2, -0.15) is 0 Å². The summed E-state index contributed by atoms with van der Waals surface area (Å²) in [4.78, 5) is 12.2. The smallest absolute Gasteiger partial charge is 0.248 e. The molecule has 0 heterocycles. The molecule has 17 heavy (non-hydrogen) atoms. The number of amides is 1. The van der Waals surface area contributed by atoms with Crippen molar-refractivity contribution in [2.75, 3.05) is 6.26 Å². The molecule has 2 aromatic carbocycles. The van der Waals surface area contributed by atoms with Gasteiger partial charge in [-0.3, -0.25) is 4.79 Å². The van der Waals surface area contributed by atoms with Gasteiger partial charge in [0, 0.05) is 10.5 Å². The van der Waals surface area contributed by atoms with Gasteiger partial charge in [-0.15, -0.1) is 11.8 Å². The minimum atomic E-state index is -0.394. The number of hydrogen-bond acceptors (Lipinski definition) is 2. The normalized spacial score (nSPS) is 10.2. The molecular weight excluding hydrogens is 230 g/mol. The Morgan fingerprint density at radius 2 is 1.71 bits per heavy atom. The van der Waals surface area contributed by atoms with E-state index in [-0.39, 0.29) is 0 Å². The minimum Gasteiger partial charge on any atom is -0.366 e. The highest BCUT2D eigenvalue weighted by molar-refractivity contribution is 7.98. The van der Waals surface area contributed by atoms with Gasteiger partial charge in [0.1, 0.15) is 0 Å². The van der Waals surface area contributed by atoms with E-state index in [4.69, 9.17) is 5.73 Å². The van der Waals surface area contributed by atoms with Crippen LogP contribution in [0.2, 0.25) is 0 Å². The van der Waals surface area contributed by atoms with Crippen LogP contribution < -0.4 is 5.73 Å². The average molecular weight is 243 g/mol. The number of benzene rings is 2. The van der Waals surface area contributed by atoms with E-state index in [1.54, 1.807) is 23.9 Å². The Hall–Kier alpha value is -1.74. The van der Waals surface area contributed by atoms with Gasteiger partial charge in [-0.25, -0.2) is 0 Å². The lowest BCUT2D eigenvalue weighted by Crippen LogP contribution is -2.10. The van der Waals surface area contributed by atoms with Gasteiger partial charge in [0.05, 0.1) is 0 Å². The molecule has 0 aliphatic heterocycles. The zero-order chi connectivity index (χ0) is 12.3. The second-order valence-electron chi connectivity index (χ2n) is 3.64. The highest BCUT2D eigenvalue weighted by Crippen LogP contribution is 2.29. The summed E-state index contributed by atoms with van der Waals surface area (Å²) in [6, 6.07) is 15.6.